The van der Waals surface area contributed by atoms with Gasteiger partial charge in [0, 0.05) is 13.2 Å². The third kappa shape index (κ3) is 87.8. The van der Waals surface area contributed by atoms with E-state index in [1.165, 1.54) is 213 Å². The molecule has 10 fully saturated rings. The number of ketones is 1. The summed E-state index contributed by atoms with van der Waals surface area (Å²) in [6.07, 6.45) is 52.8. The molecule has 0 spiro atoms. The number of nitrogens with one attached hydrogen (secondary N) is 8. The summed E-state index contributed by atoms with van der Waals surface area (Å²) in [7, 11) is -1.21. The van der Waals surface area contributed by atoms with Gasteiger partial charge in [0.05, 0.1) is 18.1 Å². The normalized spacial score (nSPS) is 23.4. The van der Waals surface area contributed by atoms with Crippen molar-refractivity contribution in [3.05, 3.63) is 0 Å². The second-order valence-electron chi connectivity index (χ2n) is 40.6. The summed E-state index contributed by atoms with van der Waals surface area (Å²) >= 11 is 0. The van der Waals surface area contributed by atoms with Crippen LogP contribution in [-0.4, -0.2) is 322 Å². The van der Waals surface area contributed by atoms with Crippen molar-refractivity contribution >= 4 is 117 Å². The van der Waals surface area contributed by atoms with Gasteiger partial charge >= 0.3 is 55.8 Å². The maximum absolute atomic E-state index is 12.1. The molecule has 21 N–H and O–H groups in total. The highest BCUT2D eigenvalue weighted by Gasteiger charge is 2.47. The van der Waals surface area contributed by atoms with Gasteiger partial charge in [-0.15, -0.1) is 0 Å². The number of carboxylic acids is 3. The highest BCUT2D eigenvalue weighted by atomic mass is 16.5. The third-order valence-corrected chi connectivity index (χ3v) is 27.6. The first-order valence-corrected chi connectivity index (χ1v) is 53.9. The molecule has 0 aromatic heterocycles. The Morgan fingerprint density at radius 1 is 0.352 bits per heavy atom. The fourth-order valence-electron chi connectivity index (χ4n) is 19.8. The molecule has 10 rings (SSSR count). The smallest absolute Gasteiger partial charge is 0.451 e. The highest BCUT2D eigenvalue weighted by Crippen LogP contribution is 2.36. The molecular formula is C96H190B9N9O28. The van der Waals surface area contributed by atoms with Crippen molar-refractivity contribution in [2.45, 2.75) is 393 Å². The zero-order valence-corrected chi connectivity index (χ0v) is 88.5. The number of likely N-dealkylation sites (tertiary alicyclic amines) is 1. The van der Waals surface area contributed by atoms with E-state index in [-0.39, 0.29) is 128 Å². The molecule has 0 amide bonds. The molecule has 0 bridgehead atoms. The summed E-state index contributed by atoms with van der Waals surface area (Å²) in [5.74, 6) is 2.87. The number of nitrogens with zero attached hydrogens (tertiary/aromatic N) is 1. The summed E-state index contributed by atoms with van der Waals surface area (Å²) in [6, 6.07) is -0.405. The molecule has 46 heteroatoms. The molecule has 0 radical (unpaired) electrons. The average Bonchev–Trinajstić information content (AvgIpc) is 0.789. The Kier molecular flexibility index (Phi) is 99.8. The number of hydrogen-bond acceptors (Lipinski definition) is 34. The van der Waals surface area contributed by atoms with Gasteiger partial charge in [-0.2, -0.15) is 47.9 Å². The molecule has 0 aromatic carbocycles. The van der Waals surface area contributed by atoms with Gasteiger partial charge in [-0.25, -0.2) is 0 Å². The Morgan fingerprint density at radius 3 is 1.02 bits per heavy atom. The van der Waals surface area contributed by atoms with E-state index in [0.717, 1.165) is 203 Å². The summed E-state index contributed by atoms with van der Waals surface area (Å²) in [4.78, 5) is 129. The van der Waals surface area contributed by atoms with Crippen LogP contribution in [-0.2, 0) is 71.9 Å². The van der Waals surface area contributed by atoms with Crippen molar-refractivity contribution in [1.82, 2.24) is 47.4 Å². The van der Waals surface area contributed by atoms with Crippen LogP contribution in [0.3, 0.4) is 0 Å². The number of piperidine rings is 9. The highest BCUT2D eigenvalue weighted by molar-refractivity contribution is 6.50. The summed E-state index contributed by atoms with van der Waals surface area (Å²) in [5, 5.41) is 145. The molecule has 814 valence electrons. The van der Waals surface area contributed by atoms with E-state index in [1.807, 2.05) is 34.1 Å². The number of carbonyl (C=O) groups is 4. The first-order valence-electron chi connectivity index (χ1n) is 53.9. The van der Waals surface area contributed by atoms with Crippen LogP contribution < -0.4 is 42.5 Å². The maximum atomic E-state index is 12.1. The minimum absolute atomic E-state index is 0.0235. The standard InChI is InChI=1S/C17H33BN2O3.C10H20BNO3.C10H19BO4.C9H18BNO3.5C9H20BNO.5CO2/c1-18(23)10-5-7-15-8-6-11-19-17(15,16(21)22)9-14-20-12-3-2-4-13-20;1-11(15)6-2-4-8-5-3-7-12-9(8)10(13)14;1-11(14)6-7-15-9-5-3-2-4-8(9)10(12)13;1-7(12)9-6-8(3-5-11-9)2-4-10(13)14;5*1-10(12)6-2-4-9-5-3-7-11-8-9;5*2-1-3/h15,19,23H,2-14H2,1H3,(H,21,22);8-9,12,15H,2-7H2,1H3,(H,13,14);8-9,14H,2-7H2,1H3,(H,12,13);8-9,11,13-14H,2-6H2,1H3;5*9,11-12H,2-8H2,1H3;;;;;/t;;;;5*9-;;;;;/m....11000...../s1. The van der Waals surface area contributed by atoms with Gasteiger partial charge in [-0.3, -0.25) is 19.2 Å². The lowest BCUT2D eigenvalue weighted by molar-refractivity contribution is -0.193. The molecule has 1 aliphatic carbocycles. The zero-order chi connectivity index (χ0) is 107. The molecule has 142 heavy (non-hydrogen) atoms. The van der Waals surface area contributed by atoms with Crippen molar-refractivity contribution < 1.29 is 137 Å². The molecule has 10 aliphatic rings. The Bertz CT molecular complexity index is 2850. The van der Waals surface area contributed by atoms with Crippen molar-refractivity contribution in [1.29, 1.82) is 0 Å². The maximum Gasteiger partial charge on any atom is 0.451 e. The number of carbonyl (C=O) groups excluding carboxylic acids is 11. The largest absolute Gasteiger partial charge is 0.481 e. The monoisotopic (exact) mass is 2020 g/mol. The lowest BCUT2D eigenvalue weighted by atomic mass is 9.65. The Hall–Kier alpha value is -5.24. The van der Waals surface area contributed by atoms with Gasteiger partial charge in [0.1, 0.15) is 17.4 Å². The van der Waals surface area contributed by atoms with Crippen molar-refractivity contribution in [3.8, 4) is 0 Å². The predicted molar refractivity (Wildman–Crippen MR) is 559 cm³/mol. The summed E-state index contributed by atoms with van der Waals surface area (Å²) in [5.41, 5.74) is -0.769. The first kappa shape index (κ1) is 143. The minimum atomic E-state index is -1.21. The van der Waals surface area contributed by atoms with Crippen LogP contribution >= 0.6 is 0 Å². The second kappa shape index (κ2) is 99.1. The van der Waals surface area contributed by atoms with E-state index in [0.29, 0.717) is 38.0 Å². The van der Waals surface area contributed by atoms with Crippen LogP contribution in [0.25, 0.3) is 0 Å². The molecule has 0 aromatic rings. The quantitative estimate of drug-likeness (QED) is 0.0258. The predicted octanol–water partition coefficient (Wildman–Crippen LogP) is 7.96. The SMILES string of the molecule is CB(O)CCCC1CCCNC1(CCN1CCCCC1)C(=O)O.CB(O)CCCC1CCCNC1C(=O)O.CB(O)CCC[C@@H]1CCCNC1.CB(O)CCC[C@@H]1CCCNC1.CB(O)CCC[C@H]1CCCNC1.CB(O)CCC[C@H]1CCCNC1.CB(O)CCC[C@H]1CCCNC1.CB(O)CCOC1CCCCC1C(=O)O.CC(=O)C1CC(CCB(O)O)CCN1.O=C=O.O=C=O.O=C=O.O=C=O.O=C=O. The Labute approximate surface area is 854 Å². The Morgan fingerprint density at radius 2 is 0.697 bits per heavy atom. The van der Waals surface area contributed by atoms with E-state index >= 15 is 0 Å². The van der Waals surface area contributed by atoms with Gasteiger partial charge in [0.25, 0.3) is 55.3 Å². The molecule has 1 saturated carbocycles. The van der Waals surface area contributed by atoms with Gasteiger partial charge in [-0.05, 0) is 389 Å². The fraction of sp³-hybridized carbons (Fsp3) is 0.906. The molecule has 37 nitrogen and oxygen atoms in total. The van der Waals surface area contributed by atoms with Gasteiger partial charge in [-0.1, -0.05) is 125 Å². The van der Waals surface area contributed by atoms with E-state index in [4.69, 9.17) is 108 Å². The molecule has 9 saturated heterocycles. The van der Waals surface area contributed by atoms with E-state index in [9.17, 15) is 29.3 Å². The average molecular weight is 2020 g/mol. The van der Waals surface area contributed by atoms with E-state index in [2.05, 4.69) is 47.4 Å². The topological polar surface area (TPSA) is 611 Å². The van der Waals surface area contributed by atoms with Crippen molar-refractivity contribution in [2.75, 3.05) is 111 Å². The van der Waals surface area contributed by atoms with Crippen LogP contribution in [0.1, 0.15) is 257 Å². The lowest BCUT2D eigenvalue weighted by Gasteiger charge is -2.43. The Balaban J connectivity index is -0.000000746. The number of Topliss-reactive ketones (excluding diaryl/α,β-unsaturated/α-hetero) is 1. The third-order valence-electron chi connectivity index (χ3n) is 27.6. The number of ether oxygens (including phenoxy) is 1. The molecule has 9 aliphatic heterocycles. The lowest BCUT2D eigenvalue weighted by Crippen LogP contribution is -2.61. The first-order chi connectivity index (χ1) is 67.9. The van der Waals surface area contributed by atoms with Crippen LogP contribution in [0, 0.1) is 53.3 Å². The number of hydrogen-bond donors (Lipinski definition) is 21. The summed E-state index contributed by atoms with van der Waals surface area (Å²) in [6.45, 7) is 32.8. The molecule has 8 unspecified atom stereocenters. The summed E-state index contributed by atoms with van der Waals surface area (Å²) < 4.78 is 5.53. The number of rotatable bonds is 42. The molecule has 9 heterocycles. The van der Waals surface area contributed by atoms with Crippen molar-refractivity contribution in [2.24, 2.45) is 53.3 Å². The minimum Gasteiger partial charge on any atom is -0.481 e. The van der Waals surface area contributed by atoms with Gasteiger partial charge < -0.3 is 118 Å². The van der Waals surface area contributed by atoms with Gasteiger partial charge in [0.2, 0.25) is 0 Å². The number of aliphatic carboxylic acids is 3. The molecule has 13 atom stereocenters. The van der Waals surface area contributed by atoms with Crippen LogP contribution in [0.4, 0.5) is 0 Å². The van der Waals surface area contributed by atoms with Crippen molar-refractivity contribution in [3.63, 3.8) is 0 Å². The van der Waals surface area contributed by atoms with Crippen LogP contribution in [0.5, 0.6) is 0 Å². The van der Waals surface area contributed by atoms with Gasteiger partial charge in [0.15, 0.2) is 0 Å². The van der Waals surface area contributed by atoms with E-state index in [1.54, 1.807) is 27.4 Å². The van der Waals surface area contributed by atoms with Crippen LogP contribution in [0.15, 0.2) is 0 Å². The molecular weight excluding hydrogens is 1820 g/mol. The zero-order valence-electron chi connectivity index (χ0n) is 88.5. The second-order valence-corrected chi connectivity index (χ2v) is 40.6. The van der Waals surface area contributed by atoms with E-state index < -0.39 is 30.6 Å². The van der Waals surface area contributed by atoms with Crippen LogP contribution in [0.2, 0.25) is 111 Å². The number of carboxylic acid groups (broad SMARTS) is 3. The fourth-order valence-corrected chi connectivity index (χ4v) is 19.8.